The Kier molecular flexibility index (Phi) is 9.82. The van der Waals surface area contributed by atoms with Gasteiger partial charge in [0.25, 0.3) is 0 Å². The molecule has 1 heterocycles. The van der Waals surface area contributed by atoms with Gasteiger partial charge in [0.15, 0.2) is 0 Å². The van der Waals surface area contributed by atoms with E-state index in [0.717, 1.165) is 17.3 Å². The smallest absolute Gasteiger partial charge is 0.0945 e. The summed E-state index contributed by atoms with van der Waals surface area (Å²) < 4.78 is 2.17. The minimum Gasteiger partial charge on any atom is -0.337 e. The summed E-state index contributed by atoms with van der Waals surface area (Å²) >= 11 is 14.3. The molecule has 1 unspecified atom stereocenters. The Hall–Kier alpha value is -0.640. The van der Waals surface area contributed by atoms with Crippen molar-refractivity contribution in [2.75, 3.05) is 0 Å². The molecule has 0 aliphatic heterocycles. The second-order valence-electron chi connectivity index (χ2n) is 6.46. The molecule has 2 rings (SSSR count). The molecule has 0 amide bonds. The van der Waals surface area contributed by atoms with Crippen molar-refractivity contribution in [3.05, 3.63) is 52.5 Å². The molecule has 5 heteroatoms. The number of hydrogen-bond donors (Lipinski definition) is 0. The maximum Gasteiger partial charge on any atom is 0.0945 e. The number of halogens is 2. The van der Waals surface area contributed by atoms with Crippen LogP contribution in [0.1, 0.15) is 57.4 Å². The molecule has 0 N–H and O–H groups in total. The monoisotopic (exact) mass is 398 g/mol. The molecule has 138 valence electrons. The van der Waals surface area contributed by atoms with Crippen LogP contribution in [0, 0.1) is 0 Å². The van der Waals surface area contributed by atoms with Crippen molar-refractivity contribution in [1.82, 2.24) is 9.55 Å². The fraction of sp³-hybridized carbons (Fsp3) is 0.550. The van der Waals surface area contributed by atoms with Crippen LogP contribution in [-0.2, 0) is 12.3 Å². The Bertz CT molecular complexity index is 602. The Labute approximate surface area is 166 Å². The highest BCUT2D eigenvalue weighted by Gasteiger charge is 2.11. The van der Waals surface area contributed by atoms with E-state index in [9.17, 15) is 0 Å². The Morgan fingerprint density at radius 2 is 1.96 bits per heavy atom. The molecule has 0 saturated heterocycles. The Morgan fingerprint density at radius 1 is 1.12 bits per heavy atom. The van der Waals surface area contributed by atoms with Crippen LogP contribution in [0.5, 0.6) is 0 Å². The van der Waals surface area contributed by atoms with Gasteiger partial charge >= 0.3 is 0 Å². The molecule has 1 atom stereocenters. The van der Waals surface area contributed by atoms with E-state index in [2.05, 4.69) is 16.5 Å². The molecule has 25 heavy (non-hydrogen) atoms. The van der Waals surface area contributed by atoms with Gasteiger partial charge in [-0.2, -0.15) is 11.8 Å². The molecule has 1 aromatic heterocycles. The van der Waals surface area contributed by atoms with Crippen LogP contribution in [0.4, 0.5) is 0 Å². The minimum atomic E-state index is 0.649. The normalized spacial score (nSPS) is 12.4. The first kappa shape index (κ1) is 20.7. The van der Waals surface area contributed by atoms with Gasteiger partial charge in [0.05, 0.1) is 6.33 Å². The fourth-order valence-corrected chi connectivity index (χ4v) is 4.67. The predicted molar refractivity (Wildman–Crippen MR) is 112 cm³/mol. The lowest BCUT2D eigenvalue weighted by molar-refractivity contribution is 0.553. The van der Waals surface area contributed by atoms with Gasteiger partial charge in [-0.05, 0) is 30.5 Å². The number of imidazole rings is 1. The predicted octanol–water partition coefficient (Wildman–Crippen LogP) is 7.24. The summed E-state index contributed by atoms with van der Waals surface area (Å²) in [5, 5.41) is 2.12. The van der Waals surface area contributed by atoms with Gasteiger partial charge in [-0.15, -0.1) is 0 Å². The van der Waals surface area contributed by atoms with Gasteiger partial charge in [0.2, 0.25) is 0 Å². The van der Waals surface area contributed by atoms with E-state index >= 15 is 0 Å². The van der Waals surface area contributed by atoms with Crippen LogP contribution >= 0.6 is 35.0 Å². The summed E-state index contributed by atoms with van der Waals surface area (Å²) in [5.74, 6) is 0.944. The highest BCUT2D eigenvalue weighted by atomic mass is 35.5. The van der Waals surface area contributed by atoms with Crippen LogP contribution < -0.4 is 0 Å². The third kappa shape index (κ3) is 8.06. The zero-order valence-corrected chi connectivity index (χ0v) is 17.3. The van der Waals surface area contributed by atoms with Gasteiger partial charge in [0.1, 0.15) is 0 Å². The third-order valence-corrected chi connectivity index (χ3v) is 6.40. The summed E-state index contributed by atoms with van der Waals surface area (Å²) in [6, 6.07) is 5.81. The largest absolute Gasteiger partial charge is 0.337 e. The molecule has 2 aromatic rings. The van der Waals surface area contributed by atoms with Crippen molar-refractivity contribution in [3.8, 4) is 0 Å². The summed E-state index contributed by atoms with van der Waals surface area (Å²) in [6.45, 7) is 3.29. The summed E-state index contributed by atoms with van der Waals surface area (Å²) in [5.41, 5.74) is 1.18. The number of benzene rings is 1. The van der Waals surface area contributed by atoms with Gasteiger partial charge in [0, 0.05) is 40.0 Å². The standard InChI is InChI=1S/C20H28Cl2N2S/c1-2-3-4-5-6-7-19(10-12-24-13-11-23-16-24)25-15-17-8-9-18(21)14-20(17)22/h8-9,11,13-14,16,19H,2-7,10,12,15H2,1H3. The molecule has 0 bridgehead atoms. The van der Waals surface area contributed by atoms with E-state index in [4.69, 9.17) is 23.2 Å². The summed E-state index contributed by atoms with van der Waals surface area (Å²) in [7, 11) is 0. The van der Waals surface area contributed by atoms with Crippen LogP contribution in [0.2, 0.25) is 10.0 Å². The topological polar surface area (TPSA) is 17.8 Å². The Morgan fingerprint density at radius 3 is 2.68 bits per heavy atom. The van der Waals surface area contributed by atoms with E-state index < -0.39 is 0 Å². The van der Waals surface area contributed by atoms with E-state index in [1.807, 2.05) is 48.7 Å². The molecule has 0 spiro atoms. The van der Waals surface area contributed by atoms with Gasteiger partial charge < -0.3 is 4.57 Å². The second-order valence-corrected chi connectivity index (χ2v) is 8.59. The number of aryl methyl sites for hydroxylation is 1. The van der Waals surface area contributed by atoms with Crippen molar-refractivity contribution < 1.29 is 0 Å². The first-order valence-corrected chi connectivity index (χ1v) is 11.0. The zero-order valence-electron chi connectivity index (χ0n) is 15.0. The SMILES string of the molecule is CCCCCCCC(CCn1ccnc1)SCc1ccc(Cl)cc1Cl. The number of aromatic nitrogens is 2. The van der Waals surface area contributed by atoms with Crippen LogP contribution in [0.3, 0.4) is 0 Å². The molecule has 2 nitrogen and oxygen atoms in total. The first-order chi connectivity index (χ1) is 12.2. The highest BCUT2D eigenvalue weighted by molar-refractivity contribution is 7.99. The second kappa shape index (κ2) is 11.9. The number of rotatable bonds is 12. The third-order valence-electron chi connectivity index (χ3n) is 4.39. The fourth-order valence-electron chi connectivity index (χ4n) is 2.84. The number of nitrogens with zero attached hydrogens (tertiary/aromatic N) is 2. The number of unbranched alkanes of at least 4 members (excludes halogenated alkanes) is 4. The molecule has 0 saturated carbocycles. The van der Waals surface area contributed by atoms with Crippen LogP contribution in [0.15, 0.2) is 36.9 Å². The molecular formula is C20H28Cl2N2S. The zero-order chi connectivity index (χ0) is 17.9. The van der Waals surface area contributed by atoms with E-state index in [-0.39, 0.29) is 0 Å². The molecule has 0 aliphatic rings. The number of thioether (sulfide) groups is 1. The van der Waals surface area contributed by atoms with Gasteiger partial charge in [-0.25, -0.2) is 4.98 Å². The lowest BCUT2D eigenvalue weighted by Crippen LogP contribution is -2.08. The average Bonchev–Trinajstić information content (AvgIpc) is 3.11. The van der Waals surface area contributed by atoms with Crippen molar-refractivity contribution >= 4 is 35.0 Å². The summed E-state index contributed by atoms with van der Waals surface area (Å²) in [4.78, 5) is 4.14. The maximum atomic E-state index is 6.32. The molecule has 0 radical (unpaired) electrons. The lowest BCUT2D eigenvalue weighted by Gasteiger charge is -2.17. The molecule has 0 aliphatic carbocycles. The van der Waals surface area contributed by atoms with E-state index in [1.54, 1.807) is 0 Å². The highest BCUT2D eigenvalue weighted by Crippen LogP contribution is 2.30. The quantitative estimate of drug-likeness (QED) is 0.350. The minimum absolute atomic E-state index is 0.649. The molecule has 0 fully saturated rings. The van der Waals surface area contributed by atoms with Gasteiger partial charge in [-0.3, -0.25) is 0 Å². The van der Waals surface area contributed by atoms with Crippen LogP contribution in [0.25, 0.3) is 0 Å². The number of hydrogen-bond acceptors (Lipinski definition) is 2. The first-order valence-electron chi connectivity index (χ1n) is 9.20. The van der Waals surface area contributed by atoms with Crippen molar-refractivity contribution in [1.29, 1.82) is 0 Å². The van der Waals surface area contributed by atoms with Crippen molar-refractivity contribution in [2.24, 2.45) is 0 Å². The van der Waals surface area contributed by atoms with Crippen LogP contribution in [-0.4, -0.2) is 14.8 Å². The van der Waals surface area contributed by atoms with E-state index in [0.29, 0.717) is 10.3 Å². The average molecular weight is 399 g/mol. The van der Waals surface area contributed by atoms with Gasteiger partial charge in [-0.1, -0.05) is 68.3 Å². The van der Waals surface area contributed by atoms with Crippen molar-refractivity contribution in [3.63, 3.8) is 0 Å². The molecular weight excluding hydrogens is 371 g/mol. The van der Waals surface area contributed by atoms with Crippen molar-refractivity contribution in [2.45, 2.75) is 69.4 Å². The van der Waals surface area contributed by atoms with E-state index in [1.165, 1.54) is 50.5 Å². The Balaban J connectivity index is 1.83. The maximum absolute atomic E-state index is 6.32. The lowest BCUT2D eigenvalue weighted by atomic mass is 10.1. The molecule has 1 aromatic carbocycles. The summed E-state index contributed by atoms with van der Waals surface area (Å²) in [6.07, 6.45) is 14.9.